The van der Waals surface area contributed by atoms with Crippen LogP contribution in [0.5, 0.6) is 0 Å². The third kappa shape index (κ3) is 4.63. The maximum absolute atomic E-state index is 13.0. The maximum atomic E-state index is 13.0. The number of ether oxygens (including phenoxy) is 1. The Labute approximate surface area is 193 Å². The van der Waals surface area contributed by atoms with E-state index in [0.717, 1.165) is 16.8 Å². The standard InChI is InChI=1S/C18H19ClF5N5O4S/c1-8(9-2-4-10(5-3-9)34(20,21,22,23)24)26-15-11-6-25-29(16(11)28-18(19)27-15)17-14(32)13(31)12(7-30)33-17/h2-6,8,12-14,17,30-32H,7H2,1H3,(H,26,27,28)/t8-,12-,13-,14-,17-/m1/s1. The quantitative estimate of drug-likeness (QED) is 0.279. The third-order valence-electron chi connectivity index (χ3n) is 5.36. The highest BCUT2D eigenvalue weighted by Gasteiger charge is 2.65. The number of halogens is 6. The number of nitrogens with one attached hydrogen (secondary N) is 1. The monoisotopic (exact) mass is 531 g/mol. The maximum Gasteiger partial charge on any atom is 0.310 e. The first-order valence-electron chi connectivity index (χ1n) is 9.73. The molecule has 3 aromatic rings. The topological polar surface area (TPSA) is 126 Å². The summed E-state index contributed by atoms with van der Waals surface area (Å²) >= 11 is 6.01. The fourth-order valence-corrected chi connectivity index (χ4v) is 4.39. The number of fused-ring (bicyclic) bond motifs is 1. The van der Waals surface area contributed by atoms with Crippen molar-refractivity contribution in [3.05, 3.63) is 41.3 Å². The highest BCUT2D eigenvalue weighted by Crippen LogP contribution is 3.02. The average Bonchev–Trinajstić information content (AvgIpc) is 3.27. The fraction of sp³-hybridized carbons (Fsp3) is 0.389. The minimum atomic E-state index is -9.78. The Balaban J connectivity index is 1.64. The van der Waals surface area contributed by atoms with E-state index in [1.807, 2.05) is 0 Å². The van der Waals surface area contributed by atoms with Crippen molar-refractivity contribution in [2.24, 2.45) is 0 Å². The van der Waals surface area contributed by atoms with E-state index in [1.165, 1.54) is 6.20 Å². The second-order valence-electron chi connectivity index (χ2n) is 7.80. The van der Waals surface area contributed by atoms with E-state index in [9.17, 15) is 34.7 Å². The Morgan fingerprint density at radius 3 is 2.32 bits per heavy atom. The number of anilines is 1. The fourth-order valence-electron chi connectivity index (χ4n) is 3.58. The number of aliphatic hydroxyl groups is 3. The predicted molar refractivity (Wildman–Crippen MR) is 113 cm³/mol. The molecule has 1 aromatic carbocycles. The lowest BCUT2D eigenvalue weighted by Crippen LogP contribution is -2.33. The molecule has 34 heavy (non-hydrogen) atoms. The van der Waals surface area contributed by atoms with Crippen LogP contribution in [-0.4, -0.2) is 60.0 Å². The van der Waals surface area contributed by atoms with Crippen LogP contribution in [0.4, 0.5) is 25.2 Å². The van der Waals surface area contributed by atoms with Gasteiger partial charge in [-0.1, -0.05) is 31.6 Å². The zero-order chi connectivity index (χ0) is 25.1. The Morgan fingerprint density at radius 2 is 1.76 bits per heavy atom. The van der Waals surface area contributed by atoms with Gasteiger partial charge in [0.25, 0.3) is 0 Å². The van der Waals surface area contributed by atoms with E-state index in [0.29, 0.717) is 12.1 Å². The summed E-state index contributed by atoms with van der Waals surface area (Å²) in [5.74, 6) is 0.122. The molecule has 1 aliphatic heterocycles. The van der Waals surface area contributed by atoms with Crippen molar-refractivity contribution in [3.63, 3.8) is 0 Å². The molecule has 0 bridgehead atoms. The molecule has 188 valence electrons. The summed E-state index contributed by atoms with van der Waals surface area (Å²) in [6.45, 7) is 1.02. The average molecular weight is 532 g/mol. The van der Waals surface area contributed by atoms with Crippen molar-refractivity contribution in [1.29, 1.82) is 0 Å². The largest absolute Gasteiger partial charge is 0.394 e. The van der Waals surface area contributed by atoms with Crippen LogP contribution in [0.3, 0.4) is 0 Å². The number of aromatic nitrogens is 4. The minimum Gasteiger partial charge on any atom is -0.394 e. The molecule has 4 N–H and O–H groups in total. The van der Waals surface area contributed by atoms with Crippen LogP contribution in [0.1, 0.15) is 24.8 Å². The molecular weight excluding hydrogens is 513 g/mol. The number of aliphatic hydroxyl groups excluding tert-OH is 3. The van der Waals surface area contributed by atoms with Crippen LogP contribution >= 0.6 is 21.8 Å². The van der Waals surface area contributed by atoms with Crippen molar-refractivity contribution in [2.45, 2.75) is 42.4 Å². The SMILES string of the molecule is C[C@@H](Nc1nc(Cl)nc2c1cnn2[C@@H]1O[C@H](CO)[C@@H](O)[C@H]1O)c1ccc(S(F)(F)(F)(F)F)cc1. The molecule has 1 saturated heterocycles. The third-order valence-corrected chi connectivity index (χ3v) is 6.70. The molecule has 16 heteroatoms. The molecule has 1 fully saturated rings. The molecule has 0 amide bonds. The van der Waals surface area contributed by atoms with Gasteiger partial charge in [-0.3, -0.25) is 0 Å². The molecule has 0 aliphatic carbocycles. The Morgan fingerprint density at radius 1 is 1.12 bits per heavy atom. The summed E-state index contributed by atoms with van der Waals surface area (Å²) in [7, 11) is -9.78. The molecular formula is C18H19ClF5N5O4S. The van der Waals surface area contributed by atoms with Crippen LogP contribution < -0.4 is 5.32 Å². The number of hydrogen-bond acceptors (Lipinski definition) is 8. The molecule has 2 aromatic heterocycles. The first-order chi connectivity index (χ1) is 15.6. The lowest BCUT2D eigenvalue weighted by molar-refractivity contribution is -0.0566. The highest BCUT2D eigenvalue weighted by molar-refractivity contribution is 8.45. The molecule has 1 aliphatic rings. The van der Waals surface area contributed by atoms with Crippen molar-refractivity contribution >= 4 is 38.7 Å². The molecule has 3 heterocycles. The molecule has 0 unspecified atom stereocenters. The normalized spacial score (nSPS) is 26.3. The van der Waals surface area contributed by atoms with Crippen LogP contribution in [0, 0.1) is 0 Å². The summed E-state index contributed by atoms with van der Waals surface area (Å²) < 4.78 is 71.4. The van der Waals surface area contributed by atoms with Gasteiger partial charge in [0.2, 0.25) is 5.28 Å². The van der Waals surface area contributed by atoms with Gasteiger partial charge in [0.05, 0.1) is 18.2 Å². The molecule has 0 spiro atoms. The first-order valence-corrected chi connectivity index (χ1v) is 12.1. The summed E-state index contributed by atoms with van der Waals surface area (Å²) in [6.07, 6.45) is -3.74. The smallest absolute Gasteiger partial charge is 0.310 e. The number of hydrogen-bond donors (Lipinski definition) is 4. The molecule has 5 atom stereocenters. The van der Waals surface area contributed by atoms with E-state index in [-0.39, 0.29) is 27.7 Å². The van der Waals surface area contributed by atoms with Crippen LogP contribution in [0.25, 0.3) is 11.0 Å². The van der Waals surface area contributed by atoms with Gasteiger partial charge in [0.1, 0.15) is 29.0 Å². The first kappa shape index (κ1) is 24.8. The molecule has 9 nitrogen and oxygen atoms in total. The highest BCUT2D eigenvalue weighted by atomic mass is 35.5. The Hall–Kier alpha value is -2.30. The van der Waals surface area contributed by atoms with E-state index < -0.39 is 52.3 Å². The van der Waals surface area contributed by atoms with Gasteiger partial charge < -0.3 is 25.4 Å². The van der Waals surface area contributed by atoms with Gasteiger partial charge in [-0.05, 0) is 36.2 Å². The van der Waals surface area contributed by atoms with E-state index >= 15 is 0 Å². The van der Waals surface area contributed by atoms with Crippen molar-refractivity contribution < 1.29 is 39.5 Å². The second-order valence-corrected chi connectivity index (χ2v) is 10.5. The van der Waals surface area contributed by atoms with Crippen LogP contribution in [-0.2, 0) is 4.74 Å². The molecule has 0 radical (unpaired) electrons. The van der Waals surface area contributed by atoms with Crippen LogP contribution in [0.15, 0.2) is 35.4 Å². The van der Waals surface area contributed by atoms with Crippen molar-refractivity contribution in [2.75, 3.05) is 11.9 Å². The van der Waals surface area contributed by atoms with Crippen LogP contribution in [0.2, 0.25) is 5.28 Å². The van der Waals surface area contributed by atoms with Crippen molar-refractivity contribution in [3.8, 4) is 0 Å². The van der Waals surface area contributed by atoms with E-state index in [4.69, 9.17) is 16.3 Å². The van der Waals surface area contributed by atoms with E-state index in [2.05, 4.69) is 20.4 Å². The summed E-state index contributed by atoms with van der Waals surface area (Å²) in [5, 5.41) is 36.6. The van der Waals surface area contributed by atoms with Gasteiger partial charge in [0.15, 0.2) is 11.9 Å². The minimum absolute atomic E-state index is 0.0980. The Kier molecular flexibility index (Phi) is 5.54. The van der Waals surface area contributed by atoms with Gasteiger partial charge in [-0.2, -0.15) is 15.1 Å². The Bertz CT molecular complexity index is 1230. The van der Waals surface area contributed by atoms with E-state index in [1.54, 1.807) is 6.92 Å². The van der Waals surface area contributed by atoms with Gasteiger partial charge >= 0.3 is 10.2 Å². The van der Waals surface area contributed by atoms with Gasteiger partial charge in [0, 0.05) is 6.04 Å². The molecule has 4 rings (SSSR count). The number of rotatable bonds is 6. The number of nitrogens with zero attached hydrogens (tertiary/aromatic N) is 4. The zero-order valence-corrected chi connectivity index (χ0v) is 18.8. The predicted octanol–water partition coefficient (Wildman–Crippen LogP) is 3.92. The van der Waals surface area contributed by atoms with Crippen molar-refractivity contribution in [1.82, 2.24) is 19.7 Å². The summed E-state index contributed by atoms with van der Waals surface area (Å²) in [4.78, 5) is 6.12. The number of benzene rings is 1. The zero-order valence-electron chi connectivity index (χ0n) is 17.2. The second kappa shape index (κ2) is 7.60. The summed E-state index contributed by atoms with van der Waals surface area (Å²) in [5.41, 5.74) is 0.352. The van der Waals surface area contributed by atoms with Gasteiger partial charge in [-0.15, -0.1) is 0 Å². The summed E-state index contributed by atoms with van der Waals surface area (Å²) in [6, 6.07) is 1.79. The lowest BCUT2D eigenvalue weighted by Gasteiger charge is -2.40. The van der Waals surface area contributed by atoms with Gasteiger partial charge in [-0.25, -0.2) is 4.68 Å². The molecule has 0 saturated carbocycles. The lowest BCUT2D eigenvalue weighted by atomic mass is 10.1.